The second-order valence-electron chi connectivity index (χ2n) is 7.92. The van der Waals surface area contributed by atoms with Crippen molar-refractivity contribution < 1.29 is 17.9 Å². The van der Waals surface area contributed by atoms with E-state index in [2.05, 4.69) is 17.3 Å². The maximum atomic E-state index is 13.1. The first-order valence-electron chi connectivity index (χ1n) is 9.95. The monoisotopic (exact) mass is 409 g/mol. The van der Waals surface area contributed by atoms with Crippen LogP contribution in [0.25, 0.3) is 0 Å². The summed E-state index contributed by atoms with van der Waals surface area (Å²) in [7, 11) is 0.0251. The molecule has 1 aromatic rings. The molecule has 1 amide bonds. The Kier molecular flexibility index (Phi) is 6.62. The standard InChI is InChI=1S/C20H31N3O4S/c1-15-13-18(6-7-19(15)27-3)28(25,26)23-10-4-5-16(14-23)20(24)21-17-8-11-22(2)12-9-17/h6-7,13,16-17H,4-5,8-12,14H2,1-3H3,(H,21,24). The lowest BCUT2D eigenvalue weighted by Crippen LogP contribution is -2.49. The van der Waals surface area contributed by atoms with E-state index in [0.717, 1.165) is 37.9 Å². The summed E-state index contributed by atoms with van der Waals surface area (Å²) in [6.45, 7) is 4.48. The minimum absolute atomic E-state index is 0.0136. The second-order valence-corrected chi connectivity index (χ2v) is 9.86. The molecule has 0 saturated carbocycles. The zero-order valence-electron chi connectivity index (χ0n) is 17.0. The minimum atomic E-state index is -3.63. The van der Waals surface area contributed by atoms with Gasteiger partial charge in [-0.1, -0.05) is 0 Å². The topological polar surface area (TPSA) is 79.0 Å². The number of sulfonamides is 1. The summed E-state index contributed by atoms with van der Waals surface area (Å²) in [4.78, 5) is 15.2. The quantitative estimate of drug-likeness (QED) is 0.799. The maximum absolute atomic E-state index is 13.1. The number of piperidine rings is 2. The first-order valence-corrected chi connectivity index (χ1v) is 11.4. The van der Waals surface area contributed by atoms with Crippen molar-refractivity contribution in [3.05, 3.63) is 23.8 Å². The van der Waals surface area contributed by atoms with Crippen molar-refractivity contribution in [3.63, 3.8) is 0 Å². The van der Waals surface area contributed by atoms with Crippen molar-refractivity contribution >= 4 is 15.9 Å². The van der Waals surface area contributed by atoms with E-state index in [1.54, 1.807) is 25.3 Å². The van der Waals surface area contributed by atoms with Gasteiger partial charge in [0, 0.05) is 19.1 Å². The lowest BCUT2D eigenvalue weighted by atomic mass is 9.97. The predicted octanol–water partition coefficient (Wildman–Crippen LogP) is 1.61. The number of rotatable bonds is 5. The molecule has 1 atom stereocenters. The molecule has 1 aromatic carbocycles. The van der Waals surface area contributed by atoms with Crippen molar-refractivity contribution in [1.82, 2.24) is 14.5 Å². The van der Waals surface area contributed by atoms with Gasteiger partial charge in [-0.15, -0.1) is 0 Å². The number of hydrogen-bond donors (Lipinski definition) is 1. The van der Waals surface area contributed by atoms with E-state index < -0.39 is 10.0 Å². The van der Waals surface area contributed by atoms with Crippen LogP contribution in [0.5, 0.6) is 5.75 Å². The third-order valence-electron chi connectivity index (χ3n) is 5.82. The number of methoxy groups -OCH3 is 1. The molecule has 0 spiro atoms. The Hall–Kier alpha value is -1.64. The molecular formula is C20H31N3O4S. The van der Waals surface area contributed by atoms with Crippen LogP contribution in [0.4, 0.5) is 0 Å². The average Bonchev–Trinajstić information content (AvgIpc) is 2.69. The molecule has 2 aliphatic heterocycles. The highest BCUT2D eigenvalue weighted by Crippen LogP contribution is 2.27. The molecule has 1 unspecified atom stereocenters. The molecule has 156 valence electrons. The molecule has 2 saturated heterocycles. The third kappa shape index (κ3) is 4.67. The Morgan fingerprint density at radius 1 is 1.18 bits per heavy atom. The molecule has 0 aliphatic carbocycles. The SMILES string of the molecule is COc1ccc(S(=O)(=O)N2CCCC(C(=O)NC3CCN(C)CC3)C2)cc1C. The van der Waals surface area contributed by atoms with Crippen LogP contribution in [-0.4, -0.2) is 69.9 Å². The fourth-order valence-electron chi connectivity index (χ4n) is 4.01. The summed E-state index contributed by atoms with van der Waals surface area (Å²) < 4.78 is 32.8. The van der Waals surface area contributed by atoms with Crippen LogP contribution >= 0.6 is 0 Å². The van der Waals surface area contributed by atoms with Gasteiger partial charge in [0.15, 0.2) is 0 Å². The second kappa shape index (κ2) is 8.80. The highest BCUT2D eigenvalue weighted by molar-refractivity contribution is 7.89. The van der Waals surface area contributed by atoms with Gasteiger partial charge in [-0.2, -0.15) is 4.31 Å². The number of amides is 1. The Morgan fingerprint density at radius 3 is 2.54 bits per heavy atom. The zero-order chi connectivity index (χ0) is 20.3. The van der Waals surface area contributed by atoms with Crippen molar-refractivity contribution in [2.24, 2.45) is 5.92 Å². The van der Waals surface area contributed by atoms with Crippen LogP contribution < -0.4 is 10.1 Å². The van der Waals surface area contributed by atoms with E-state index in [1.165, 1.54) is 4.31 Å². The van der Waals surface area contributed by atoms with Crippen LogP contribution in [0.2, 0.25) is 0 Å². The average molecular weight is 410 g/mol. The molecule has 8 heteroatoms. The van der Waals surface area contributed by atoms with Gasteiger partial charge in [0.05, 0.1) is 17.9 Å². The number of carbonyl (C=O) groups is 1. The summed E-state index contributed by atoms with van der Waals surface area (Å²) in [6, 6.07) is 5.08. The van der Waals surface area contributed by atoms with Crippen molar-refractivity contribution in [1.29, 1.82) is 0 Å². The molecule has 3 rings (SSSR count). The normalized spacial score (nSPS) is 22.8. The Morgan fingerprint density at radius 2 is 1.89 bits per heavy atom. The molecule has 0 bridgehead atoms. The van der Waals surface area contributed by atoms with E-state index in [0.29, 0.717) is 18.7 Å². The first-order chi connectivity index (χ1) is 13.3. The van der Waals surface area contributed by atoms with Crippen LogP contribution in [0.3, 0.4) is 0 Å². The van der Waals surface area contributed by atoms with Gasteiger partial charge < -0.3 is 15.0 Å². The lowest BCUT2D eigenvalue weighted by molar-refractivity contribution is -0.127. The molecule has 1 N–H and O–H groups in total. The summed E-state index contributed by atoms with van der Waals surface area (Å²) in [6.07, 6.45) is 3.32. The summed E-state index contributed by atoms with van der Waals surface area (Å²) in [5.41, 5.74) is 0.775. The lowest BCUT2D eigenvalue weighted by Gasteiger charge is -2.34. The summed E-state index contributed by atoms with van der Waals surface area (Å²) in [5.74, 6) is 0.357. The van der Waals surface area contributed by atoms with Crippen molar-refractivity contribution in [2.75, 3.05) is 40.3 Å². The molecule has 2 fully saturated rings. The highest BCUT2D eigenvalue weighted by Gasteiger charge is 2.34. The van der Waals surface area contributed by atoms with Crippen LogP contribution in [-0.2, 0) is 14.8 Å². The first kappa shape index (κ1) is 21.1. The van der Waals surface area contributed by atoms with E-state index in [4.69, 9.17) is 4.74 Å². The number of nitrogens with zero attached hydrogens (tertiary/aromatic N) is 2. The van der Waals surface area contributed by atoms with Gasteiger partial charge in [-0.25, -0.2) is 8.42 Å². The van der Waals surface area contributed by atoms with Gasteiger partial charge in [0.1, 0.15) is 5.75 Å². The number of ether oxygens (including phenoxy) is 1. The van der Waals surface area contributed by atoms with Crippen LogP contribution in [0.1, 0.15) is 31.2 Å². The van der Waals surface area contributed by atoms with E-state index >= 15 is 0 Å². The Bertz CT molecular complexity index is 804. The van der Waals surface area contributed by atoms with Crippen LogP contribution in [0, 0.1) is 12.8 Å². The van der Waals surface area contributed by atoms with E-state index in [9.17, 15) is 13.2 Å². The largest absolute Gasteiger partial charge is 0.496 e. The number of aryl methyl sites for hydroxylation is 1. The molecule has 2 heterocycles. The maximum Gasteiger partial charge on any atom is 0.243 e. The van der Waals surface area contributed by atoms with Crippen molar-refractivity contribution in [3.8, 4) is 5.75 Å². The number of carbonyl (C=O) groups excluding carboxylic acids is 1. The molecular weight excluding hydrogens is 378 g/mol. The van der Waals surface area contributed by atoms with E-state index in [1.807, 2.05) is 6.92 Å². The van der Waals surface area contributed by atoms with Crippen molar-refractivity contribution in [2.45, 2.75) is 43.5 Å². The summed E-state index contributed by atoms with van der Waals surface area (Å²) >= 11 is 0. The number of likely N-dealkylation sites (tertiary alicyclic amines) is 1. The minimum Gasteiger partial charge on any atom is -0.496 e. The highest BCUT2D eigenvalue weighted by atomic mass is 32.2. The Labute approximate surface area is 168 Å². The molecule has 0 aromatic heterocycles. The Balaban J connectivity index is 1.66. The summed E-state index contributed by atoms with van der Waals surface area (Å²) in [5, 5.41) is 3.14. The van der Waals surface area contributed by atoms with E-state index in [-0.39, 0.29) is 29.3 Å². The number of hydrogen-bond acceptors (Lipinski definition) is 5. The fraction of sp³-hybridized carbons (Fsp3) is 0.650. The third-order valence-corrected chi connectivity index (χ3v) is 7.69. The molecule has 0 radical (unpaired) electrons. The van der Waals surface area contributed by atoms with Gasteiger partial charge >= 0.3 is 0 Å². The fourth-order valence-corrected chi connectivity index (χ4v) is 5.62. The predicted molar refractivity (Wildman–Crippen MR) is 108 cm³/mol. The van der Waals surface area contributed by atoms with Gasteiger partial charge in [-0.05, 0) is 76.5 Å². The molecule has 2 aliphatic rings. The van der Waals surface area contributed by atoms with Gasteiger partial charge in [0.25, 0.3) is 0 Å². The van der Waals surface area contributed by atoms with Crippen LogP contribution in [0.15, 0.2) is 23.1 Å². The zero-order valence-corrected chi connectivity index (χ0v) is 17.8. The number of nitrogens with one attached hydrogen (secondary N) is 1. The van der Waals surface area contributed by atoms with Gasteiger partial charge in [-0.3, -0.25) is 4.79 Å². The molecule has 7 nitrogen and oxygen atoms in total. The van der Waals surface area contributed by atoms with Gasteiger partial charge in [0.2, 0.25) is 15.9 Å². The smallest absolute Gasteiger partial charge is 0.243 e. The number of benzene rings is 1. The molecule has 28 heavy (non-hydrogen) atoms.